The van der Waals surface area contributed by atoms with Gasteiger partial charge in [0, 0.05) is 60.0 Å². The molecule has 0 aliphatic heterocycles. The van der Waals surface area contributed by atoms with E-state index in [-0.39, 0.29) is 22.3 Å². The number of halogens is 3. The highest BCUT2D eigenvalue weighted by molar-refractivity contribution is 6.14. The molecule has 0 spiro atoms. The molecule has 14 aromatic rings. The van der Waals surface area contributed by atoms with Crippen molar-refractivity contribution in [1.29, 1.82) is 10.5 Å². The standard InChI is InChI=1S/C63H35F3N6/c64-63(65,66)52-31-38(36-67)25-28-42(52)51-35-59(71-57-23-11-5-17-47(57)49-29-26-40(33-61(49)71)69-53-19-7-1-13-43(53)44-14-2-8-20-54(44)69)39(37-68)32-60(51)72-58-24-12-6-18-48(58)50-30-27-41(34-62(50)72)70-55-21-9-3-15-45(55)46-16-4-10-22-56(46)70/h1-35H. The first-order chi connectivity index (χ1) is 35.3. The summed E-state index contributed by atoms with van der Waals surface area (Å²) in [5.41, 5.74) is 8.94. The molecule has 6 nitrogen and oxygen atoms in total. The Morgan fingerprint density at radius 1 is 0.319 bits per heavy atom. The summed E-state index contributed by atoms with van der Waals surface area (Å²) in [6, 6.07) is 73.0. The Bertz CT molecular complexity index is 4610. The van der Waals surface area contributed by atoms with E-state index >= 15 is 13.2 Å². The number of nitriles is 2. The van der Waals surface area contributed by atoms with Crippen molar-refractivity contribution < 1.29 is 13.2 Å². The number of hydrogen-bond donors (Lipinski definition) is 0. The zero-order chi connectivity index (χ0) is 48.4. The molecule has 0 fully saturated rings. The molecule has 0 aliphatic rings. The second kappa shape index (κ2) is 15.3. The van der Waals surface area contributed by atoms with Crippen molar-refractivity contribution in [2.75, 3.05) is 0 Å². The first-order valence-corrected chi connectivity index (χ1v) is 23.5. The molecule has 0 saturated heterocycles. The molecule has 0 aliphatic carbocycles. The summed E-state index contributed by atoms with van der Waals surface area (Å²) in [6.45, 7) is 0. The number of aromatic nitrogens is 4. The van der Waals surface area contributed by atoms with Gasteiger partial charge in [-0.15, -0.1) is 0 Å². The van der Waals surface area contributed by atoms with Crippen LogP contribution in [-0.4, -0.2) is 18.3 Å². The van der Waals surface area contributed by atoms with Crippen LogP contribution in [0.1, 0.15) is 16.7 Å². The minimum Gasteiger partial charge on any atom is -0.309 e. The number of fused-ring (bicyclic) bond motifs is 12. The van der Waals surface area contributed by atoms with Crippen LogP contribution in [0.5, 0.6) is 0 Å². The topological polar surface area (TPSA) is 67.3 Å². The van der Waals surface area contributed by atoms with Crippen molar-refractivity contribution in [2.45, 2.75) is 6.18 Å². The van der Waals surface area contributed by atoms with Crippen LogP contribution in [0.2, 0.25) is 0 Å². The van der Waals surface area contributed by atoms with Gasteiger partial charge in [-0.25, -0.2) is 0 Å². The zero-order valence-corrected chi connectivity index (χ0v) is 38.0. The Balaban J connectivity index is 1.10. The number of para-hydroxylation sites is 6. The summed E-state index contributed by atoms with van der Waals surface area (Å²) in [6.07, 6.45) is -4.85. The quantitative estimate of drug-likeness (QED) is 0.173. The number of nitrogens with zero attached hydrogens (tertiary/aromatic N) is 6. The molecule has 0 atom stereocenters. The molecule has 338 valence electrons. The van der Waals surface area contributed by atoms with Gasteiger partial charge in [-0.05, 0) is 90.5 Å². The Morgan fingerprint density at radius 3 is 1.08 bits per heavy atom. The number of rotatable bonds is 5. The van der Waals surface area contributed by atoms with Crippen LogP contribution in [0.3, 0.4) is 0 Å². The second-order valence-electron chi connectivity index (χ2n) is 18.2. The van der Waals surface area contributed by atoms with Crippen molar-refractivity contribution >= 4 is 87.2 Å². The van der Waals surface area contributed by atoms with E-state index in [9.17, 15) is 10.5 Å². The maximum Gasteiger partial charge on any atom is 0.417 e. The van der Waals surface area contributed by atoms with E-state index in [2.05, 4.69) is 100 Å². The molecule has 14 rings (SSSR count). The van der Waals surface area contributed by atoms with Gasteiger partial charge in [-0.3, -0.25) is 0 Å². The maximum atomic E-state index is 15.7. The average Bonchev–Trinajstić information content (AvgIpc) is 4.15. The van der Waals surface area contributed by atoms with Crippen molar-refractivity contribution in [3.63, 3.8) is 0 Å². The number of hydrogen-bond acceptors (Lipinski definition) is 2. The van der Waals surface area contributed by atoms with Gasteiger partial charge in [0.15, 0.2) is 0 Å². The highest BCUT2D eigenvalue weighted by Gasteiger charge is 2.35. The Labute approximate surface area is 408 Å². The fraction of sp³-hybridized carbons (Fsp3) is 0.0159. The first kappa shape index (κ1) is 41.2. The van der Waals surface area contributed by atoms with Gasteiger partial charge in [0.2, 0.25) is 0 Å². The third kappa shape index (κ3) is 5.89. The van der Waals surface area contributed by atoms with E-state index in [1.54, 1.807) is 12.1 Å². The van der Waals surface area contributed by atoms with Gasteiger partial charge < -0.3 is 18.3 Å². The fourth-order valence-electron chi connectivity index (χ4n) is 11.5. The normalized spacial score (nSPS) is 12.1. The largest absolute Gasteiger partial charge is 0.417 e. The summed E-state index contributed by atoms with van der Waals surface area (Å²) in [5.74, 6) is 0. The van der Waals surface area contributed by atoms with Crippen LogP contribution < -0.4 is 0 Å². The summed E-state index contributed by atoms with van der Waals surface area (Å²) in [4.78, 5) is 0. The molecular formula is C63H35F3N6. The van der Waals surface area contributed by atoms with Crippen LogP contribution in [0.15, 0.2) is 212 Å². The number of alkyl halides is 3. The zero-order valence-electron chi connectivity index (χ0n) is 38.0. The van der Waals surface area contributed by atoms with E-state index < -0.39 is 11.7 Å². The first-order valence-electron chi connectivity index (χ1n) is 23.5. The average molecular weight is 933 g/mol. The molecule has 10 aromatic carbocycles. The fourth-order valence-corrected chi connectivity index (χ4v) is 11.5. The molecule has 4 heterocycles. The van der Waals surface area contributed by atoms with Crippen LogP contribution in [0, 0.1) is 22.7 Å². The van der Waals surface area contributed by atoms with Crippen molar-refractivity contribution in [1.82, 2.24) is 18.3 Å². The van der Waals surface area contributed by atoms with Crippen LogP contribution >= 0.6 is 0 Å². The van der Waals surface area contributed by atoms with Crippen molar-refractivity contribution in [2.24, 2.45) is 0 Å². The Hall–Kier alpha value is -9.83. The summed E-state index contributed by atoms with van der Waals surface area (Å²) in [7, 11) is 0. The van der Waals surface area contributed by atoms with Gasteiger partial charge in [0.25, 0.3) is 0 Å². The maximum absolute atomic E-state index is 15.7. The Kier molecular flexibility index (Phi) is 8.77. The smallest absolute Gasteiger partial charge is 0.309 e. The van der Waals surface area contributed by atoms with E-state index in [1.165, 1.54) is 12.1 Å². The van der Waals surface area contributed by atoms with Gasteiger partial charge in [-0.1, -0.05) is 127 Å². The lowest BCUT2D eigenvalue weighted by Crippen LogP contribution is -2.10. The van der Waals surface area contributed by atoms with Gasteiger partial charge >= 0.3 is 6.18 Å². The van der Waals surface area contributed by atoms with E-state index in [4.69, 9.17) is 0 Å². The monoisotopic (exact) mass is 932 g/mol. The van der Waals surface area contributed by atoms with E-state index in [1.807, 2.05) is 112 Å². The highest BCUT2D eigenvalue weighted by atomic mass is 19.4. The summed E-state index contributed by atoms with van der Waals surface area (Å²) >= 11 is 0. The predicted molar refractivity (Wildman–Crippen MR) is 284 cm³/mol. The molecule has 4 aromatic heterocycles. The minimum atomic E-state index is -4.85. The number of benzene rings is 10. The van der Waals surface area contributed by atoms with Gasteiger partial charge in [-0.2, -0.15) is 23.7 Å². The molecule has 0 N–H and O–H groups in total. The van der Waals surface area contributed by atoms with E-state index in [0.717, 1.165) is 105 Å². The molecule has 0 unspecified atom stereocenters. The van der Waals surface area contributed by atoms with Gasteiger partial charge in [0.1, 0.15) is 6.07 Å². The molecule has 0 saturated carbocycles. The third-order valence-electron chi connectivity index (χ3n) is 14.5. The molecular weight excluding hydrogens is 898 g/mol. The van der Waals surface area contributed by atoms with Crippen LogP contribution in [0.4, 0.5) is 13.2 Å². The van der Waals surface area contributed by atoms with Crippen molar-refractivity contribution in [3.8, 4) is 46.0 Å². The lowest BCUT2D eigenvalue weighted by Gasteiger charge is -2.21. The molecule has 0 bridgehead atoms. The molecule has 0 amide bonds. The highest BCUT2D eigenvalue weighted by Crippen LogP contribution is 2.46. The SMILES string of the molecule is N#Cc1ccc(-c2cc(-n3c4ccccc4c4ccc(-n5c6ccccc6c6ccccc65)cc43)c(C#N)cc2-n2c3ccccc3c3ccc(-n4c5ccccc5c5ccccc54)cc32)c(C(F)(F)F)c1. The Morgan fingerprint density at radius 2 is 0.694 bits per heavy atom. The lowest BCUT2D eigenvalue weighted by atomic mass is 9.93. The molecule has 0 radical (unpaired) electrons. The van der Waals surface area contributed by atoms with Crippen LogP contribution in [0.25, 0.3) is 121 Å². The predicted octanol–water partition coefficient (Wildman–Crippen LogP) is 16.5. The summed E-state index contributed by atoms with van der Waals surface area (Å²) in [5, 5.41) is 29.4. The van der Waals surface area contributed by atoms with Crippen molar-refractivity contribution in [3.05, 3.63) is 229 Å². The molecule has 72 heavy (non-hydrogen) atoms. The van der Waals surface area contributed by atoms with Gasteiger partial charge in [0.05, 0.1) is 78.3 Å². The van der Waals surface area contributed by atoms with Crippen LogP contribution in [-0.2, 0) is 6.18 Å². The lowest BCUT2D eigenvalue weighted by molar-refractivity contribution is -0.137. The summed E-state index contributed by atoms with van der Waals surface area (Å²) < 4.78 is 55.4. The third-order valence-corrected chi connectivity index (χ3v) is 14.5. The molecule has 9 heteroatoms. The van der Waals surface area contributed by atoms with E-state index in [0.29, 0.717) is 11.4 Å². The second-order valence-corrected chi connectivity index (χ2v) is 18.2. The minimum absolute atomic E-state index is 0.117.